The molecule has 4 unspecified atom stereocenters. The van der Waals surface area contributed by atoms with Gasteiger partial charge in [0, 0.05) is 6.42 Å². The van der Waals surface area contributed by atoms with Gasteiger partial charge in [-0.2, -0.15) is 0 Å². The number of carbonyl (C=O) groups excluding carboxylic acids is 2. The predicted octanol–water partition coefficient (Wildman–Crippen LogP) is -1.41. The molecule has 7 nitrogen and oxygen atoms in total. The minimum absolute atomic E-state index is 0.182. The molecule has 0 aromatic heterocycles. The zero-order chi connectivity index (χ0) is 16.5. The van der Waals surface area contributed by atoms with Crippen LogP contribution >= 0.6 is 0 Å². The Morgan fingerprint density at radius 2 is 2.00 bits per heavy atom. The van der Waals surface area contributed by atoms with Crippen LogP contribution in [0.3, 0.4) is 0 Å². The fourth-order valence-corrected chi connectivity index (χ4v) is 2.20. The average Bonchev–Trinajstić information content (AvgIpc) is 2.87. The molecule has 124 valence electrons. The molecule has 0 heterocycles. The molecule has 0 radical (unpaired) electrons. The van der Waals surface area contributed by atoms with E-state index >= 15 is 0 Å². The molecule has 7 heteroatoms. The first kappa shape index (κ1) is 18.4. The number of nitrogens with two attached hydrogens (primary N) is 2. The van der Waals surface area contributed by atoms with Gasteiger partial charge in [-0.05, 0) is 32.6 Å². The number of nitrogens with one attached hydrogen (secondary N) is 2. The number of aliphatic hydroxyl groups excluding tert-OH is 1. The Balaban J connectivity index is 2.18. The molecule has 0 saturated heterocycles. The van der Waals surface area contributed by atoms with Gasteiger partial charge in [-0.25, -0.2) is 0 Å². The first-order valence-electron chi connectivity index (χ1n) is 7.65. The average molecular weight is 310 g/mol. The van der Waals surface area contributed by atoms with E-state index in [1.165, 1.54) is 0 Å². The SMILES string of the molecule is CC(N)C(=O)NCC#CCCC(N)C(=O)NC1CCCC1O. The smallest absolute Gasteiger partial charge is 0.237 e. The van der Waals surface area contributed by atoms with E-state index in [9.17, 15) is 14.7 Å². The number of carbonyl (C=O) groups is 2. The molecule has 1 fully saturated rings. The second kappa shape index (κ2) is 9.41. The van der Waals surface area contributed by atoms with Gasteiger partial charge < -0.3 is 27.2 Å². The van der Waals surface area contributed by atoms with Gasteiger partial charge in [-0.1, -0.05) is 5.92 Å². The van der Waals surface area contributed by atoms with E-state index in [1.54, 1.807) is 6.92 Å². The molecule has 2 amide bonds. The highest BCUT2D eigenvalue weighted by Crippen LogP contribution is 2.18. The maximum atomic E-state index is 11.9. The highest BCUT2D eigenvalue weighted by molar-refractivity contribution is 5.82. The zero-order valence-corrected chi connectivity index (χ0v) is 13.0. The van der Waals surface area contributed by atoms with Gasteiger partial charge >= 0.3 is 0 Å². The van der Waals surface area contributed by atoms with Crippen LogP contribution in [0.1, 0.15) is 39.0 Å². The summed E-state index contributed by atoms with van der Waals surface area (Å²) in [6.07, 6.45) is 2.86. The number of amides is 2. The standard InChI is InChI=1S/C15H26N4O3/c1-10(16)14(21)18-9-4-2-3-6-11(17)15(22)19-12-7-5-8-13(12)20/h10-13,20H,3,5-9,16-17H2,1H3,(H,18,21)(H,19,22). The van der Waals surface area contributed by atoms with Crippen LogP contribution in [0, 0.1) is 11.8 Å². The number of rotatable bonds is 6. The van der Waals surface area contributed by atoms with E-state index in [-0.39, 0.29) is 24.4 Å². The first-order valence-corrected chi connectivity index (χ1v) is 7.65. The minimum Gasteiger partial charge on any atom is -0.391 e. The van der Waals surface area contributed by atoms with Crippen LogP contribution in [-0.2, 0) is 9.59 Å². The molecule has 1 saturated carbocycles. The lowest BCUT2D eigenvalue weighted by molar-refractivity contribution is -0.124. The Morgan fingerprint density at radius 1 is 1.27 bits per heavy atom. The Kier molecular flexibility index (Phi) is 7.88. The summed E-state index contributed by atoms with van der Waals surface area (Å²) in [7, 11) is 0. The van der Waals surface area contributed by atoms with Gasteiger partial charge in [0.15, 0.2) is 0 Å². The van der Waals surface area contributed by atoms with Gasteiger partial charge in [-0.3, -0.25) is 9.59 Å². The third-order valence-electron chi connectivity index (χ3n) is 3.61. The normalized spacial score (nSPS) is 23.1. The molecule has 1 rings (SSSR count). The Bertz CT molecular complexity index is 442. The van der Waals surface area contributed by atoms with Crippen molar-refractivity contribution in [3.8, 4) is 11.8 Å². The highest BCUT2D eigenvalue weighted by Gasteiger charge is 2.27. The number of hydrogen-bond donors (Lipinski definition) is 5. The maximum Gasteiger partial charge on any atom is 0.237 e. The van der Waals surface area contributed by atoms with E-state index in [0.717, 1.165) is 19.3 Å². The van der Waals surface area contributed by atoms with Crippen LogP contribution in [-0.4, -0.2) is 47.7 Å². The summed E-state index contributed by atoms with van der Waals surface area (Å²) >= 11 is 0. The minimum atomic E-state index is -0.638. The second-order valence-electron chi connectivity index (χ2n) is 5.62. The summed E-state index contributed by atoms with van der Waals surface area (Å²) in [5.74, 6) is 5.13. The van der Waals surface area contributed by atoms with Crippen molar-refractivity contribution in [3.63, 3.8) is 0 Å². The van der Waals surface area contributed by atoms with Gasteiger partial charge in [0.05, 0.1) is 30.8 Å². The van der Waals surface area contributed by atoms with Crippen LogP contribution in [0.25, 0.3) is 0 Å². The quantitative estimate of drug-likeness (QED) is 0.385. The van der Waals surface area contributed by atoms with Crippen molar-refractivity contribution in [3.05, 3.63) is 0 Å². The van der Waals surface area contributed by atoms with E-state index in [1.807, 2.05) is 0 Å². The summed E-state index contributed by atoms with van der Waals surface area (Å²) in [6, 6.07) is -1.37. The van der Waals surface area contributed by atoms with Crippen LogP contribution < -0.4 is 22.1 Å². The molecule has 0 spiro atoms. The highest BCUT2D eigenvalue weighted by atomic mass is 16.3. The molecule has 1 aliphatic rings. The van der Waals surface area contributed by atoms with Crippen molar-refractivity contribution >= 4 is 11.8 Å². The third-order valence-corrected chi connectivity index (χ3v) is 3.61. The first-order chi connectivity index (χ1) is 10.4. The molecule has 22 heavy (non-hydrogen) atoms. The van der Waals surface area contributed by atoms with Crippen molar-refractivity contribution in [2.24, 2.45) is 11.5 Å². The third kappa shape index (κ3) is 6.43. The molecule has 7 N–H and O–H groups in total. The van der Waals surface area contributed by atoms with Gasteiger partial charge in [0.2, 0.25) is 11.8 Å². The summed E-state index contributed by atoms with van der Waals surface area (Å²) in [4.78, 5) is 23.0. The number of hydrogen-bond acceptors (Lipinski definition) is 5. The fraction of sp³-hybridized carbons (Fsp3) is 0.733. The monoisotopic (exact) mass is 310 g/mol. The molecular weight excluding hydrogens is 284 g/mol. The Morgan fingerprint density at radius 3 is 2.59 bits per heavy atom. The van der Waals surface area contributed by atoms with E-state index in [4.69, 9.17) is 11.5 Å². The van der Waals surface area contributed by atoms with Gasteiger partial charge in [0.1, 0.15) is 0 Å². The molecule has 4 atom stereocenters. The van der Waals surface area contributed by atoms with Crippen LogP contribution in [0.2, 0.25) is 0 Å². The molecule has 0 bridgehead atoms. The van der Waals surface area contributed by atoms with Crippen molar-refractivity contribution in [2.45, 2.75) is 63.3 Å². The van der Waals surface area contributed by atoms with E-state index in [0.29, 0.717) is 12.8 Å². The molecule has 0 aromatic carbocycles. The zero-order valence-electron chi connectivity index (χ0n) is 13.0. The topological polar surface area (TPSA) is 130 Å². The lowest BCUT2D eigenvalue weighted by Gasteiger charge is -2.19. The Hall–Kier alpha value is -1.62. The van der Waals surface area contributed by atoms with Crippen molar-refractivity contribution in [2.75, 3.05) is 6.54 Å². The Labute approximate surface area is 131 Å². The van der Waals surface area contributed by atoms with Crippen LogP contribution in [0.4, 0.5) is 0 Å². The van der Waals surface area contributed by atoms with Gasteiger partial charge in [0.25, 0.3) is 0 Å². The summed E-state index contributed by atoms with van der Waals surface area (Å²) in [6.45, 7) is 1.83. The molecule has 0 aliphatic heterocycles. The summed E-state index contributed by atoms with van der Waals surface area (Å²) < 4.78 is 0. The number of aliphatic hydroxyl groups is 1. The largest absolute Gasteiger partial charge is 0.391 e. The predicted molar refractivity (Wildman–Crippen MR) is 83.4 cm³/mol. The lowest BCUT2D eigenvalue weighted by Crippen LogP contribution is -2.47. The van der Waals surface area contributed by atoms with Crippen LogP contribution in [0.5, 0.6) is 0 Å². The summed E-state index contributed by atoms with van der Waals surface area (Å²) in [5, 5.41) is 15.0. The molecule has 0 aromatic rings. The second-order valence-corrected chi connectivity index (χ2v) is 5.62. The van der Waals surface area contributed by atoms with Crippen molar-refractivity contribution in [1.29, 1.82) is 0 Å². The molecule has 1 aliphatic carbocycles. The fourth-order valence-electron chi connectivity index (χ4n) is 2.20. The maximum absolute atomic E-state index is 11.9. The van der Waals surface area contributed by atoms with Crippen LogP contribution in [0.15, 0.2) is 0 Å². The van der Waals surface area contributed by atoms with Gasteiger partial charge in [-0.15, -0.1) is 5.92 Å². The van der Waals surface area contributed by atoms with E-state index in [2.05, 4.69) is 22.5 Å². The summed E-state index contributed by atoms with van der Waals surface area (Å²) in [5.41, 5.74) is 11.2. The van der Waals surface area contributed by atoms with Crippen molar-refractivity contribution < 1.29 is 14.7 Å². The molecular formula is C15H26N4O3. The van der Waals surface area contributed by atoms with Crippen molar-refractivity contribution in [1.82, 2.24) is 10.6 Å². The lowest BCUT2D eigenvalue weighted by atomic mass is 10.1. The van der Waals surface area contributed by atoms with E-state index < -0.39 is 18.2 Å².